The Morgan fingerprint density at radius 3 is 2.29 bits per heavy atom. The minimum Gasteiger partial charge on any atom is -0.465 e. The molecule has 21 heavy (non-hydrogen) atoms. The Labute approximate surface area is 118 Å². The predicted molar refractivity (Wildman–Crippen MR) is 65.2 cm³/mol. The molecule has 0 aliphatic carbocycles. The zero-order valence-corrected chi connectivity index (χ0v) is 10.6. The van der Waals surface area contributed by atoms with Gasteiger partial charge >= 0.3 is 5.97 Å². The van der Waals surface area contributed by atoms with E-state index in [2.05, 4.69) is 10.1 Å². The molecular formula is C13H6F2N4O2. The quantitative estimate of drug-likeness (QED) is 0.672. The van der Waals surface area contributed by atoms with Crippen LogP contribution in [0.1, 0.15) is 10.4 Å². The number of nitrogens with one attached hydrogen (secondary N) is 1. The minimum atomic E-state index is -1.44. The van der Waals surface area contributed by atoms with Crippen LogP contribution in [0.3, 0.4) is 0 Å². The molecular weight excluding hydrogens is 282 g/mol. The molecule has 0 aromatic heterocycles. The van der Waals surface area contributed by atoms with E-state index < -0.39 is 34.6 Å². The number of nitrogens with zero attached hydrogens (tertiary/aromatic N) is 3. The summed E-state index contributed by atoms with van der Waals surface area (Å²) in [5.41, 5.74) is -2.34. The van der Waals surface area contributed by atoms with Gasteiger partial charge < -0.3 is 10.1 Å². The van der Waals surface area contributed by atoms with E-state index in [0.717, 1.165) is 13.2 Å². The Morgan fingerprint density at radius 1 is 1.19 bits per heavy atom. The molecule has 1 rings (SSSR count). The SMILES string of the molecule is COC(=O)c1ccc(F)c(F)c1NC(C#N)=C(C#N)C#N. The van der Waals surface area contributed by atoms with Crippen molar-refractivity contribution in [3.8, 4) is 18.2 Å². The number of allylic oxidation sites excluding steroid dienone is 2. The molecule has 0 radical (unpaired) electrons. The molecule has 0 bridgehead atoms. The van der Waals surface area contributed by atoms with Gasteiger partial charge in [0.15, 0.2) is 17.2 Å². The topological polar surface area (TPSA) is 110 Å². The van der Waals surface area contributed by atoms with E-state index in [1.54, 1.807) is 0 Å². The summed E-state index contributed by atoms with van der Waals surface area (Å²) in [4.78, 5) is 11.5. The third kappa shape index (κ3) is 3.12. The molecule has 0 aliphatic rings. The maximum absolute atomic E-state index is 13.8. The van der Waals surface area contributed by atoms with Crippen molar-refractivity contribution in [1.29, 1.82) is 15.8 Å². The fourth-order valence-corrected chi connectivity index (χ4v) is 1.36. The molecule has 0 aliphatic heterocycles. The standard InChI is InChI=1S/C13H6F2N4O2/c1-21-13(20)8-2-3-9(14)11(15)12(8)19-10(6-18)7(4-16)5-17/h2-3,19H,1H3. The molecule has 8 heteroatoms. The van der Waals surface area contributed by atoms with Gasteiger partial charge in [-0.25, -0.2) is 13.6 Å². The maximum Gasteiger partial charge on any atom is 0.340 e. The van der Waals surface area contributed by atoms with Gasteiger partial charge in [0.25, 0.3) is 0 Å². The van der Waals surface area contributed by atoms with Crippen molar-refractivity contribution in [1.82, 2.24) is 0 Å². The molecule has 0 amide bonds. The average Bonchev–Trinajstić information content (AvgIpc) is 2.50. The summed E-state index contributed by atoms with van der Waals surface area (Å²) < 4.78 is 31.4. The lowest BCUT2D eigenvalue weighted by Gasteiger charge is -2.11. The molecule has 0 atom stereocenters. The number of methoxy groups -OCH3 is 1. The number of esters is 1. The van der Waals surface area contributed by atoms with Gasteiger partial charge in [0.05, 0.1) is 18.4 Å². The number of halogens is 2. The molecule has 0 unspecified atom stereocenters. The second-order valence-corrected chi connectivity index (χ2v) is 3.49. The van der Waals surface area contributed by atoms with Crippen molar-refractivity contribution in [3.63, 3.8) is 0 Å². The van der Waals surface area contributed by atoms with E-state index in [4.69, 9.17) is 15.8 Å². The molecule has 1 N–H and O–H groups in total. The Morgan fingerprint density at radius 2 is 1.81 bits per heavy atom. The monoisotopic (exact) mass is 288 g/mol. The zero-order valence-electron chi connectivity index (χ0n) is 10.6. The number of carbonyl (C=O) groups excluding carboxylic acids is 1. The first-order valence-corrected chi connectivity index (χ1v) is 5.28. The van der Waals surface area contributed by atoms with Gasteiger partial charge in [0.1, 0.15) is 23.9 Å². The van der Waals surface area contributed by atoms with E-state index in [9.17, 15) is 13.6 Å². The largest absolute Gasteiger partial charge is 0.465 e. The van der Waals surface area contributed by atoms with Crippen LogP contribution in [-0.4, -0.2) is 13.1 Å². The van der Waals surface area contributed by atoms with E-state index in [-0.39, 0.29) is 5.56 Å². The zero-order chi connectivity index (χ0) is 16.0. The third-order valence-electron chi connectivity index (χ3n) is 2.34. The molecule has 1 aromatic rings. The highest BCUT2D eigenvalue weighted by molar-refractivity contribution is 5.96. The van der Waals surface area contributed by atoms with Gasteiger partial charge in [0, 0.05) is 0 Å². The summed E-state index contributed by atoms with van der Waals surface area (Å²) >= 11 is 0. The van der Waals surface area contributed by atoms with Crippen molar-refractivity contribution < 1.29 is 18.3 Å². The van der Waals surface area contributed by atoms with Crippen LogP contribution < -0.4 is 5.32 Å². The van der Waals surface area contributed by atoms with E-state index in [1.165, 1.54) is 18.2 Å². The molecule has 0 saturated carbocycles. The van der Waals surface area contributed by atoms with Gasteiger partial charge in [-0.15, -0.1) is 0 Å². The average molecular weight is 288 g/mol. The van der Waals surface area contributed by atoms with Crippen LogP contribution in [-0.2, 0) is 4.74 Å². The fraction of sp³-hybridized carbons (Fsp3) is 0.0769. The van der Waals surface area contributed by atoms with Crippen LogP contribution in [0, 0.1) is 45.6 Å². The third-order valence-corrected chi connectivity index (χ3v) is 2.34. The molecule has 104 valence electrons. The predicted octanol–water partition coefficient (Wildman–Crippen LogP) is 1.99. The van der Waals surface area contributed by atoms with E-state index in [1.807, 2.05) is 0 Å². The first-order chi connectivity index (χ1) is 9.99. The Hall–Kier alpha value is -3.44. The molecule has 6 nitrogen and oxygen atoms in total. The maximum atomic E-state index is 13.8. The van der Waals surface area contributed by atoms with Gasteiger partial charge in [-0.1, -0.05) is 0 Å². The second-order valence-electron chi connectivity index (χ2n) is 3.49. The van der Waals surface area contributed by atoms with Crippen molar-refractivity contribution >= 4 is 11.7 Å². The number of nitriles is 3. The lowest BCUT2D eigenvalue weighted by molar-refractivity contribution is 0.0601. The van der Waals surface area contributed by atoms with Crippen molar-refractivity contribution in [2.45, 2.75) is 0 Å². The van der Waals surface area contributed by atoms with Gasteiger partial charge in [-0.2, -0.15) is 15.8 Å². The number of hydrogen-bond acceptors (Lipinski definition) is 6. The van der Waals surface area contributed by atoms with E-state index >= 15 is 0 Å². The van der Waals surface area contributed by atoms with Crippen molar-refractivity contribution in [2.24, 2.45) is 0 Å². The summed E-state index contributed by atoms with van der Waals surface area (Å²) in [6, 6.07) is 5.96. The second kappa shape index (κ2) is 6.65. The highest BCUT2D eigenvalue weighted by atomic mass is 19.2. The lowest BCUT2D eigenvalue weighted by Crippen LogP contribution is -2.11. The van der Waals surface area contributed by atoms with Gasteiger partial charge in [-0.05, 0) is 12.1 Å². The summed E-state index contributed by atoms with van der Waals surface area (Å²) in [5, 5.41) is 28.3. The molecule has 0 saturated heterocycles. The number of carbonyl (C=O) groups is 1. The number of rotatable bonds is 3. The molecule has 1 aromatic carbocycles. The highest BCUT2D eigenvalue weighted by Crippen LogP contribution is 2.25. The van der Waals surface area contributed by atoms with Crippen LogP contribution in [0.15, 0.2) is 23.4 Å². The molecule has 0 fully saturated rings. The minimum absolute atomic E-state index is 0.389. The number of hydrogen-bond donors (Lipinski definition) is 1. The summed E-state index contributed by atoms with van der Waals surface area (Å²) in [5.74, 6) is -3.71. The van der Waals surface area contributed by atoms with Gasteiger partial charge in [0.2, 0.25) is 0 Å². The van der Waals surface area contributed by atoms with Crippen molar-refractivity contribution in [3.05, 3.63) is 40.6 Å². The number of ether oxygens (including phenoxy) is 1. The van der Waals surface area contributed by atoms with Crippen LogP contribution in [0.25, 0.3) is 0 Å². The number of anilines is 1. The van der Waals surface area contributed by atoms with Crippen molar-refractivity contribution in [2.75, 3.05) is 12.4 Å². The van der Waals surface area contributed by atoms with Crippen LogP contribution >= 0.6 is 0 Å². The Bertz CT molecular complexity index is 735. The highest BCUT2D eigenvalue weighted by Gasteiger charge is 2.21. The Balaban J connectivity index is 3.51. The fourth-order valence-electron chi connectivity index (χ4n) is 1.36. The molecule has 0 heterocycles. The Kier molecular flexibility index (Phi) is 4.94. The first kappa shape index (κ1) is 15.6. The smallest absolute Gasteiger partial charge is 0.340 e. The van der Waals surface area contributed by atoms with Gasteiger partial charge in [-0.3, -0.25) is 0 Å². The van der Waals surface area contributed by atoms with Crippen LogP contribution in [0.2, 0.25) is 0 Å². The lowest BCUT2D eigenvalue weighted by atomic mass is 10.1. The normalized spacial score (nSPS) is 8.76. The summed E-state index contributed by atoms with van der Waals surface area (Å²) in [6.07, 6.45) is 0. The number of benzene rings is 1. The van der Waals surface area contributed by atoms with E-state index in [0.29, 0.717) is 6.07 Å². The first-order valence-electron chi connectivity index (χ1n) is 5.28. The van der Waals surface area contributed by atoms with Crippen LogP contribution in [0.5, 0.6) is 0 Å². The summed E-state index contributed by atoms with van der Waals surface area (Å²) in [6.45, 7) is 0. The molecule has 0 spiro atoms. The summed E-state index contributed by atoms with van der Waals surface area (Å²) in [7, 11) is 1.03. The van der Waals surface area contributed by atoms with Crippen LogP contribution in [0.4, 0.5) is 14.5 Å².